The minimum absolute atomic E-state index is 0.0955. The Balaban J connectivity index is 1.24. The highest BCUT2D eigenvalue weighted by Crippen LogP contribution is 2.41. The standard InChI is InChI=1S/C31H33ClFN5O4/c1-29(2,3)42-28(39)37-16-31(33,17-37)18-40-21-10-11-22(23(32)14-21)25-36-24-26(38(25)15-20-8-6-5-7-9-20)34-19-35-27(24)41-30(4)12-13-30/h5-11,14,19H,12-13,15-18H2,1-4H3. The number of ether oxygens (including phenoxy) is 3. The zero-order chi connectivity index (χ0) is 29.7. The lowest BCUT2D eigenvalue weighted by Gasteiger charge is -2.43. The summed E-state index contributed by atoms with van der Waals surface area (Å²) in [6.07, 6.45) is 2.88. The molecule has 2 fully saturated rings. The first-order valence-corrected chi connectivity index (χ1v) is 14.3. The van der Waals surface area contributed by atoms with Gasteiger partial charge in [0.25, 0.3) is 0 Å². The number of nitrogens with zero attached hydrogens (tertiary/aromatic N) is 5. The van der Waals surface area contributed by atoms with E-state index in [1.165, 1.54) is 11.2 Å². The Hall–Kier alpha value is -3.92. The summed E-state index contributed by atoms with van der Waals surface area (Å²) in [6.45, 7) is 7.47. The van der Waals surface area contributed by atoms with E-state index < -0.39 is 17.4 Å². The van der Waals surface area contributed by atoms with Crippen LogP contribution in [0.3, 0.4) is 0 Å². The number of aromatic nitrogens is 4. The summed E-state index contributed by atoms with van der Waals surface area (Å²) in [5.74, 6) is 1.46. The topological polar surface area (TPSA) is 91.6 Å². The van der Waals surface area contributed by atoms with Crippen molar-refractivity contribution in [1.29, 1.82) is 0 Å². The van der Waals surface area contributed by atoms with Crippen LogP contribution in [0.15, 0.2) is 54.9 Å². The van der Waals surface area contributed by atoms with Crippen LogP contribution in [-0.2, 0) is 11.3 Å². The second kappa shape index (κ2) is 10.4. The van der Waals surface area contributed by atoms with Crippen LogP contribution in [0, 0.1) is 0 Å². The number of carbonyl (C=O) groups is 1. The molecule has 0 spiro atoms. The number of hydrogen-bond acceptors (Lipinski definition) is 7. The molecule has 2 aromatic heterocycles. The van der Waals surface area contributed by atoms with Crippen molar-refractivity contribution in [2.24, 2.45) is 0 Å². The summed E-state index contributed by atoms with van der Waals surface area (Å²) in [5.41, 5.74) is 0.386. The molecule has 2 aromatic carbocycles. The average molecular weight is 594 g/mol. The number of rotatable bonds is 8. The minimum Gasteiger partial charge on any atom is -0.490 e. The molecule has 0 bridgehead atoms. The lowest BCUT2D eigenvalue weighted by molar-refractivity contribution is -0.0685. The maximum atomic E-state index is 15.2. The molecule has 0 radical (unpaired) electrons. The number of likely N-dealkylation sites (tertiary alicyclic amines) is 1. The molecule has 42 heavy (non-hydrogen) atoms. The number of alkyl halides is 1. The number of amides is 1. The van der Waals surface area contributed by atoms with E-state index in [1.54, 1.807) is 39.0 Å². The van der Waals surface area contributed by atoms with Crippen LogP contribution in [0.1, 0.15) is 46.1 Å². The van der Waals surface area contributed by atoms with E-state index in [4.69, 9.17) is 30.8 Å². The molecule has 1 amide bonds. The zero-order valence-corrected chi connectivity index (χ0v) is 24.8. The van der Waals surface area contributed by atoms with Crippen molar-refractivity contribution in [3.05, 3.63) is 65.4 Å². The van der Waals surface area contributed by atoms with Gasteiger partial charge in [0.2, 0.25) is 5.88 Å². The SMILES string of the molecule is CC(C)(C)OC(=O)N1CC(F)(COc2ccc(-c3nc4c(OC5(C)CC5)ncnc4n3Cc3ccccc3)c(Cl)c2)C1. The van der Waals surface area contributed by atoms with Crippen molar-refractivity contribution in [3.8, 4) is 23.0 Å². The van der Waals surface area contributed by atoms with Crippen molar-refractivity contribution in [3.63, 3.8) is 0 Å². The molecule has 0 unspecified atom stereocenters. The first-order chi connectivity index (χ1) is 19.9. The molecule has 2 aliphatic rings. The summed E-state index contributed by atoms with van der Waals surface area (Å²) >= 11 is 6.78. The number of hydrogen-bond donors (Lipinski definition) is 0. The normalized spacial score (nSPS) is 17.0. The van der Waals surface area contributed by atoms with Gasteiger partial charge in [0.15, 0.2) is 16.8 Å². The molecule has 3 heterocycles. The van der Waals surface area contributed by atoms with Crippen LogP contribution < -0.4 is 9.47 Å². The fraction of sp³-hybridized carbons (Fsp3) is 0.419. The molecular formula is C31H33ClFN5O4. The van der Waals surface area contributed by atoms with Gasteiger partial charge in [-0.05, 0) is 64.3 Å². The van der Waals surface area contributed by atoms with Crippen molar-refractivity contribution in [1.82, 2.24) is 24.4 Å². The molecule has 220 valence electrons. The van der Waals surface area contributed by atoms with E-state index in [2.05, 4.69) is 16.9 Å². The van der Waals surface area contributed by atoms with Crippen LogP contribution in [0.5, 0.6) is 11.6 Å². The number of imidazole rings is 1. The van der Waals surface area contributed by atoms with Gasteiger partial charge in [-0.2, -0.15) is 4.98 Å². The summed E-state index contributed by atoms with van der Waals surface area (Å²) in [6, 6.07) is 15.2. The maximum Gasteiger partial charge on any atom is 0.410 e. The highest BCUT2D eigenvalue weighted by Gasteiger charge is 2.48. The van der Waals surface area contributed by atoms with Crippen LogP contribution in [0.25, 0.3) is 22.6 Å². The molecule has 9 nitrogen and oxygen atoms in total. The Morgan fingerprint density at radius 3 is 2.50 bits per heavy atom. The number of benzene rings is 2. The second-order valence-corrected chi connectivity index (χ2v) is 12.7. The molecule has 11 heteroatoms. The first kappa shape index (κ1) is 28.2. The Kier molecular flexibility index (Phi) is 7.00. The van der Waals surface area contributed by atoms with E-state index in [9.17, 15) is 4.79 Å². The lowest BCUT2D eigenvalue weighted by atomic mass is 9.98. The fourth-order valence-electron chi connectivity index (χ4n) is 4.79. The third kappa shape index (κ3) is 5.99. The van der Waals surface area contributed by atoms with Gasteiger partial charge in [-0.25, -0.2) is 19.2 Å². The number of carbonyl (C=O) groups excluding carboxylic acids is 1. The summed E-state index contributed by atoms with van der Waals surface area (Å²) in [7, 11) is 0. The highest BCUT2D eigenvalue weighted by atomic mass is 35.5. The van der Waals surface area contributed by atoms with Gasteiger partial charge in [0.05, 0.1) is 24.7 Å². The van der Waals surface area contributed by atoms with Crippen LogP contribution >= 0.6 is 11.6 Å². The van der Waals surface area contributed by atoms with E-state index in [1.807, 2.05) is 34.9 Å². The van der Waals surface area contributed by atoms with Crippen molar-refractivity contribution < 1.29 is 23.4 Å². The monoisotopic (exact) mass is 593 g/mol. The summed E-state index contributed by atoms with van der Waals surface area (Å²) < 4.78 is 34.5. The van der Waals surface area contributed by atoms with Gasteiger partial charge < -0.3 is 23.7 Å². The lowest BCUT2D eigenvalue weighted by Crippen LogP contribution is -2.64. The number of halogens is 2. The van der Waals surface area contributed by atoms with Gasteiger partial charge in [-0.1, -0.05) is 41.9 Å². The smallest absolute Gasteiger partial charge is 0.410 e. The fourth-order valence-corrected chi connectivity index (χ4v) is 5.04. The molecule has 1 aliphatic carbocycles. The predicted octanol–water partition coefficient (Wildman–Crippen LogP) is 6.46. The van der Waals surface area contributed by atoms with Crippen molar-refractivity contribution in [2.45, 2.75) is 64.0 Å². The molecule has 4 aromatic rings. The van der Waals surface area contributed by atoms with Gasteiger partial charge in [0, 0.05) is 5.56 Å². The Labute approximate surface area is 248 Å². The minimum atomic E-state index is -1.67. The molecular weight excluding hydrogens is 561 g/mol. The van der Waals surface area contributed by atoms with Gasteiger partial charge in [-0.15, -0.1) is 0 Å². The van der Waals surface area contributed by atoms with E-state index >= 15 is 4.39 Å². The van der Waals surface area contributed by atoms with Gasteiger partial charge >= 0.3 is 6.09 Å². The largest absolute Gasteiger partial charge is 0.490 e. The maximum absolute atomic E-state index is 15.2. The van der Waals surface area contributed by atoms with E-state index in [0.717, 1.165) is 18.4 Å². The van der Waals surface area contributed by atoms with Crippen LogP contribution in [0.2, 0.25) is 5.02 Å². The highest BCUT2D eigenvalue weighted by molar-refractivity contribution is 6.33. The summed E-state index contributed by atoms with van der Waals surface area (Å²) in [4.78, 5) is 27.4. The average Bonchev–Trinajstić information content (AvgIpc) is 3.53. The van der Waals surface area contributed by atoms with Gasteiger partial charge in [0.1, 0.15) is 35.7 Å². The third-order valence-corrected chi connectivity index (χ3v) is 7.57. The molecule has 6 rings (SSSR count). The molecule has 1 saturated heterocycles. The first-order valence-electron chi connectivity index (χ1n) is 13.9. The zero-order valence-electron chi connectivity index (χ0n) is 24.1. The number of fused-ring (bicyclic) bond motifs is 1. The quantitative estimate of drug-likeness (QED) is 0.231. The van der Waals surface area contributed by atoms with Crippen LogP contribution in [0.4, 0.5) is 9.18 Å². The van der Waals surface area contributed by atoms with E-state index in [0.29, 0.717) is 45.7 Å². The molecule has 0 N–H and O–H groups in total. The Morgan fingerprint density at radius 2 is 1.83 bits per heavy atom. The summed E-state index contributed by atoms with van der Waals surface area (Å²) in [5, 5.41) is 0.388. The Bertz CT molecular complexity index is 1630. The third-order valence-electron chi connectivity index (χ3n) is 7.26. The predicted molar refractivity (Wildman–Crippen MR) is 157 cm³/mol. The molecule has 0 atom stereocenters. The van der Waals surface area contributed by atoms with Crippen molar-refractivity contribution in [2.75, 3.05) is 19.7 Å². The van der Waals surface area contributed by atoms with Crippen LogP contribution in [-0.4, -0.2) is 67.1 Å². The van der Waals surface area contributed by atoms with Crippen molar-refractivity contribution >= 4 is 28.9 Å². The molecule has 1 aliphatic heterocycles. The molecule has 1 saturated carbocycles. The van der Waals surface area contributed by atoms with E-state index in [-0.39, 0.29) is 25.3 Å². The van der Waals surface area contributed by atoms with Gasteiger partial charge in [-0.3, -0.25) is 0 Å². The second-order valence-electron chi connectivity index (χ2n) is 12.3. The Morgan fingerprint density at radius 1 is 1.10 bits per heavy atom.